The molecule has 2 aliphatic rings. The molecule has 140 valence electrons. The van der Waals surface area contributed by atoms with Gasteiger partial charge in [-0.1, -0.05) is 6.07 Å². The molecule has 2 aromatic rings. The van der Waals surface area contributed by atoms with Gasteiger partial charge in [-0.15, -0.1) is 0 Å². The number of hydrogen-bond donors (Lipinski definition) is 1. The minimum absolute atomic E-state index is 0.125. The molecule has 3 heterocycles. The highest BCUT2D eigenvalue weighted by Gasteiger charge is 2.22. The van der Waals surface area contributed by atoms with Crippen molar-refractivity contribution in [1.82, 2.24) is 14.8 Å². The molecule has 0 radical (unpaired) electrons. The first-order valence-electron chi connectivity index (χ1n) is 9.49. The second kappa shape index (κ2) is 7.68. The molecular weight excluding hydrogens is 330 g/mol. The summed E-state index contributed by atoms with van der Waals surface area (Å²) < 4.78 is 13.2. The highest BCUT2D eigenvalue weighted by Crippen LogP contribution is 2.30. The number of rotatable bonds is 5. The van der Waals surface area contributed by atoms with Crippen LogP contribution in [0, 0.1) is 5.92 Å². The third-order valence-electron chi connectivity index (χ3n) is 5.56. The van der Waals surface area contributed by atoms with Crippen molar-refractivity contribution in [2.45, 2.75) is 25.9 Å². The summed E-state index contributed by atoms with van der Waals surface area (Å²) in [5.74, 6) is 1.24. The molecule has 2 aliphatic heterocycles. The van der Waals surface area contributed by atoms with E-state index in [9.17, 15) is 4.79 Å². The Labute approximate surface area is 154 Å². The highest BCUT2D eigenvalue weighted by molar-refractivity contribution is 5.87. The number of aromatic nitrogens is 1. The molecular formula is C20H27N3O3. The van der Waals surface area contributed by atoms with Gasteiger partial charge in [-0.3, -0.25) is 9.69 Å². The van der Waals surface area contributed by atoms with E-state index in [0.29, 0.717) is 19.8 Å². The Hall–Kier alpha value is -2.05. The van der Waals surface area contributed by atoms with Crippen molar-refractivity contribution >= 4 is 16.8 Å². The number of carbonyl (C=O) groups is 1. The van der Waals surface area contributed by atoms with Crippen LogP contribution < -0.4 is 10.1 Å². The van der Waals surface area contributed by atoms with E-state index in [-0.39, 0.29) is 11.8 Å². The lowest BCUT2D eigenvalue weighted by molar-refractivity contribution is -0.127. The fraction of sp³-hybridized carbons (Fsp3) is 0.550. The summed E-state index contributed by atoms with van der Waals surface area (Å²) in [6.07, 6.45) is 1.69. The monoisotopic (exact) mass is 357 g/mol. The number of carbonyl (C=O) groups excluding carboxylic acids is 1. The molecule has 6 nitrogen and oxygen atoms in total. The Balaban J connectivity index is 1.34. The second-order valence-corrected chi connectivity index (χ2v) is 7.13. The Morgan fingerprint density at radius 3 is 2.96 bits per heavy atom. The molecule has 26 heavy (non-hydrogen) atoms. The van der Waals surface area contributed by atoms with Crippen molar-refractivity contribution in [3.63, 3.8) is 0 Å². The largest absolute Gasteiger partial charge is 0.496 e. The van der Waals surface area contributed by atoms with Crippen LogP contribution >= 0.6 is 0 Å². The predicted octanol–water partition coefficient (Wildman–Crippen LogP) is 2.01. The molecule has 0 bridgehead atoms. The molecule has 1 amide bonds. The summed E-state index contributed by atoms with van der Waals surface area (Å²) >= 11 is 0. The molecule has 1 aromatic heterocycles. The lowest BCUT2D eigenvalue weighted by Gasteiger charge is -2.29. The van der Waals surface area contributed by atoms with Gasteiger partial charge in [-0.25, -0.2) is 0 Å². The average molecular weight is 357 g/mol. The summed E-state index contributed by atoms with van der Waals surface area (Å²) in [5, 5.41) is 4.29. The van der Waals surface area contributed by atoms with E-state index in [1.165, 1.54) is 16.6 Å². The van der Waals surface area contributed by atoms with Gasteiger partial charge in [-0.2, -0.15) is 0 Å². The van der Waals surface area contributed by atoms with Gasteiger partial charge in [0.1, 0.15) is 5.75 Å². The number of methoxy groups -OCH3 is 1. The maximum atomic E-state index is 12.2. The summed E-state index contributed by atoms with van der Waals surface area (Å²) in [5.41, 5.74) is 2.55. The van der Waals surface area contributed by atoms with Crippen molar-refractivity contribution < 1.29 is 14.3 Å². The van der Waals surface area contributed by atoms with E-state index in [4.69, 9.17) is 9.47 Å². The zero-order valence-electron chi connectivity index (χ0n) is 15.4. The van der Waals surface area contributed by atoms with Gasteiger partial charge in [0.05, 0.1) is 12.6 Å². The maximum Gasteiger partial charge on any atom is 0.223 e. The normalized spacial score (nSPS) is 18.7. The zero-order valence-corrected chi connectivity index (χ0v) is 15.4. The highest BCUT2D eigenvalue weighted by atomic mass is 16.5. The topological polar surface area (TPSA) is 55.7 Å². The van der Waals surface area contributed by atoms with E-state index < -0.39 is 0 Å². The van der Waals surface area contributed by atoms with Gasteiger partial charge in [0, 0.05) is 62.9 Å². The number of benzene rings is 1. The molecule has 1 N–H and O–H groups in total. The Kier molecular flexibility index (Phi) is 5.13. The molecule has 0 aliphatic carbocycles. The fourth-order valence-corrected chi connectivity index (χ4v) is 4.07. The van der Waals surface area contributed by atoms with E-state index in [1.54, 1.807) is 7.11 Å². The van der Waals surface area contributed by atoms with Gasteiger partial charge in [0.25, 0.3) is 0 Å². The smallest absolute Gasteiger partial charge is 0.223 e. The summed E-state index contributed by atoms with van der Waals surface area (Å²) in [7, 11) is 1.72. The first-order chi connectivity index (χ1) is 12.8. The number of ether oxygens (including phenoxy) is 2. The van der Waals surface area contributed by atoms with Crippen LogP contribution in [0.5, 0.6) is 5.75 Å². The van der Waals surface area contributed by atoms with Crippen LogP contribution in [0.1, 0.15) is 18.5 Å². The lowest BCUT2D eigenvalue weighted by Crippen LogP contribution is -2.41. The average Bonchev–Trinajstić information content (AvgIpc) is 3.06. The summed E-state index contributed by atoms with van der Waals surface area (Å²) in [4.78, 5) is 14.6. The van der Waals surface area contributed by atoms with Crippen LogP contribution in [-0.4, -0.2) is 55.3 Å². The lowest BCUT2D eigenvalue weighted by atomic mass is 9.99. The van der Waals surface area contributed by atoms with Crippen molar-refractivity contribution in [1.29, 1.82) is 0 Å². The SMILES string of the molecule is COc1cccc2c1cc1n2CCN(CCNC(=O)C2CCOCC2)C1. The number of nitrogens with one attached hydrogen (secondary N) is 1. The van der Waals surface area contributed by atoms with Crippen LogP contribution in [0.3, 0.4) is 0 Å². The van der Waals surface area contributed by atoms with Gasteiger partial charge in [0.15, 0.2) is 0 Å². The van der Waals surface area contributed by atoms with Crippen molar-refractivity contribution in [2.75, 3.05) is 40.0 Å². The fourth-order valence-electron chi connectivity index (χ4n) is 4.07. The molecule has 1 aromatic carbocycles. The number of amides is 1. The van der Waals surface area contributed by atoms with Crippen LogP contribution in [0.4, 0.5) is 0 Å². The molecule has 0 atom stereocenters. The third-order valence-corrected chi connectivity index (χ3v) is 5.56. The molecule has 0 spiro atoms. The van der Waals surface area contributed by atoms with Crippen LogP contribution in [-0.2, 0) is 22.6 Å². The molecule has 4 rings (SSSR count). The van der Waals surface area contributed by atoms with Crippen LogP contribution in [0.25, 0.3) is 10.9 Å². The quantitative estimate of drug-likeness (QED) is 0.889. The minimum atomic E-state index is 0.125. The molecule has 0 unspecified atom stereocenters. The van der Waals surface area contributed by atoms with Crippen molar-refractivity contribution in [2.24, 2.45) is 5.92 Å². The van der Waals surface area contributed by atoms with E-state index in [2.05, 4.69) is 26.9 Å². The Bertz CT molecular complexity index is 780. The summed E-state index contributed by atoms with van der Waals surface area (Å²) in [6, 6.07) is 8.46. The van der Waals surface area contributed by atoms with Crippen molar-refractivity contribution in [3.8, 4) is 5.75 Å². The van der Waals surface area contributed by atoms with Crippen LogP contribution in [0.2, 0.25) is 0 Å². The molecule has 1 fully saturated rings. The number of nitrogens with zero attached hydrogens (tertiary/aromatic N) is 2. The second-order valence-electron chi connectivity index (χ2n) is 7.13. The van der Waals surface area contributed by atoms with E-state index in [1.807, 2.05) is 12.1 Å². The van der Waals surface area contributed by atoms with Gasteiger partial charge in [-0.05, 0) is 31.0 Å². The third kappa shape index (κ3) is 3.44. The minimum Gasteiger partial charge on any atom is -0.496 e. The summed E-state index contributed by atoms with van der Waals surface area (Å²) in [6.45, 7) is 5.88. The van der Waals surface area contributed by atoms with Crippen molar-refractivity contribution in [3.05, 3.63) is 30.0 Å². The standard InChI is InChI=1S/C20H27N3O3/c1-25-19-4-2-3-18-17(19)13-16-14-22(9-10-23(16)18)8-7-21-20(24)15-5-11-26-12-6-15/h2-4,13,15H,5-12,14H2,1H3,(H,21,24). The van der Waals surface area contributed by atoms with E-state index >= 15 is 0 Å². The number of hydrogen-bond acceptors (Lipinski definition) is 4. The Morgan fingerprint density at radius 1 is 1.31 bits per heavy atom. The van der Waals surface area contributed by atoms with Gasteiger partial charge >= 0.3 is 0 Å². The van der Waals surface area contributed by atoms with Gasteiger partial charge in [0.2, 0.25) is 5.91 Å². The van der Waals surface area contributed by atoms with Crippen LogP contribution in [0.15, 0.2) is 24.3 Å². The zero-order chi connectivity index (χ0) is 17.9. The first-order valence-corrected chi connectivity index (χ1v) is 9.49. The molecule has 1 saturated heterocycles. The Morgan fingerprint density at radius 2 is 2.15 bits per heavy atom. The molecule has 0 saturated carbocycles. The van der Waals surface area contributed by atoms with E-state index in [0.717, 1.165) is 44.8 Å². The first kappa shape index (κ1) is 17.4. The number of fused-ring (bicyclic) bond motifs is 3. The molecule has 6 heteroatoms. The van der Waals surface area contributed by atoms with Gasteiger partial charge < -0.3 is 19.4 Å². The maximum absolute atomic E-state index is 12.2. The predicted molar refractivity (Wildman–Crippen MR) is 100 cm³/mol.